The molecule has 0 fully saturated rings. The predicted octanol–water partition coefficient (Wildman–Crippen LogP) is 4.02. The van der Waals surface area contributed by atoms with Gasteiger partial charge in [0.15, 0.2) is 5.82 Å². The van der Waals surface area contributed by atoms with E-state index in [4.69, 9.17) is 16.4 Å². The second kappa shape index (κ2) is 5.40. The number of halogens is 1. The van der Waals surface area contributed by atoms with Crippen molar-refractivity contribution in [3.8, 4) is 0 Å². The molecule has 0 aliphatic carbocycles. The number of azo groups is 1. The van der Waals surface area contributed by atoms with Crippen molar-refractivity contribution >= 4 is 17.3 Å². The van der Waals surface area contributed by atoms with E-state index in [1.165, 1.54) is 5.57 Å². The monoisotopic (exact) mass is 329 g/mol. The molecule has 3 aliphatic rings. The maximum Gasteiger partial charge on any atom is 0.177 e. The largest absolute Gasteiger partial charge is 0.300 e. The van der Waals surface area contributed by atoms with E-state index in [-0.39, 0.29) is 0 Å². The highest BCUT2D eigenvalue weighted by atomic mass is 35.5. The van der Waals surface area contributed by atoms with Crippen LogP contribution in [0.2, 0.25) is 5.02 Å². The molecule has 23 heavy (non-hydrogen) atoms. The molecule has 1 aromatic rings. The molecule has 6 nitrogen and oxygen atoms in total. The fraction of sp³-hybridized carbons (Fsp3) is 0.250. The fourth-order valence-electron chi connectivity index (χ4n) is 2.93. The van der Waals surface area contributed by atoms with E-state index in [1.807, 2.05) is 30.5 Å². The van der Waals surface area contributed by atoms with Gasteiger partial charge in [-0.05, 0) is 19.1 Å². The first-order valence-corrected chi connectivity index (χ1v) is 7.71. The molecule has 0 aromatic heterocycles. The first-order chi connectivity index (χ1) is 11.2. The molecule has 0 atom stereocenters. The minimum atomic E-state index is 0.567. The molecule has 0 amide bonds. The zero-order chi connectivity index (χ0) is 16.0. The summed E-state index contributed by atoms with van der Waals surface area (Å²) in [6.07, 6.45) is 4.72. The second-order valence-electron chi connectivity index (χ2n) is 5.60. The maximum absolute atomic E-state index is 6.42. The summed E-state index contributed by atoms with van der Waals surface area (Å²) < 4.78 is 0. The summed E-state index contributed by atoms with van der Waals surface area (Å²) in [7, 11) is 1.64. The molecular formula is C16H16ClN5O. The van der Waals surface area contributed by atoms with Crippen LogP contribution in [0.4, 0.5) is 5.69 Å². The number of rotatable bonds is 2. The van der Waals surface area contributed by atoms with E-state index in [1.54, 1.807) is 12.2 Å². The van der Waals surface area contributed by atoms with E-state index < -0.39 is 0 Å². The lowest BCUT2D eigenvalue weighted by atomic mass is 10.1. The molecule has 1 aromatic carbocycles. The Bertz CT molecular complexity index is 782. The Balaban J connectivity index is 1.81. The Kier molecular flexibility index (Phi) is 3.36. The van der Waals surface area contributed by atoms with Crippen molar-refractivity contribution in [2.24, 2.45) is 10.2 Å². The van der Waals surface area contributed by atoms with Crippen molar-refractivity contribution in [2.75, 3.05) is 18.7 Å². The van der Waals surface area contributed by atoms with Gasteiger partial charge in [-0.25, -0.2) is 5.06 Å². The van der Waals surface area contributed by atoms with Crippen LogP contribution in [0.3, 0.4) is 0 Å². The summed E-state index contributed by atoms with van der Waals surface area (Å²) in [5.74, 6) is 1.74. The van der Waals surface area contributed by atoms with Crippen LogP contribution in [0.1, 0.15) is 13.3 Å². The smallest absolute Gasteiger partial charge is 0.177 e. The molecule has 7 heteroatoms. The van der Waals surface area contributed by atoms with Gasteiger partial charge in [-0.3, -0.25) is 9.74 Å². The fourth-order valence-corrected chi connectivity index (χ4v) is 3.16. The topological polar surface area (TPSA) is 43.7 Å². The molecule has 4 rings (SSSR count). The minimum absolute atomic E-state index is 0.567. The van der Waals surface area contributed by atoms with Gasteiger partial charge in [0.25, 0.3) is 0 Å². The van der Waals surface area contributed by atoms with Crippen molar-refractivity contribution in [1.29, 1.82) is 0 Å². The summed E-state index contributed by atoms with van der Waals surface area (Å²) >= 11 is 6.42. The molecule has 0 radical (unpaired) electrons. The number of anilines is 1. The van der Waals surface area contributed by atoms with E-state index in [9.17, 15) is 0 Å². The Hall–Kier alpha value is -2.31. The number of allylic oxidation sites excluding steroid dienone is 1. The summed E-state index contributed by atoms with van der Waals surface area (Å²) in [5, 5.41) is 11.1. The van der Waals surface area contributed by atoms with Crippen LogP contribution in [0.15, 0.2) is 69.8 Å². The van der Waals surface area contributed by atoms with Crippen LogP contribution in [0, 0.1) is 0 Å². The average molecular weight is 330 g/mol. The molecule has 0 saturated carbocycles. The molecule has 3 heterocycles. The SMILES string of the molecule is CON1C=C2N=NC3=C(N2C1)N(c1ccccc1Cl)C=C(C)C3. The first-order valence-electron chi connectivity index (χ1n) is 7.33. The normalized spacial score (nSPS) is 19.7. The van der Waals surface area contributed by atoms with Gasteiger partial charge in [-0.15, -0.1) is 10.2 Å². The molecule has 3 aliphatic heterocycles. The van der Waals surface area contributed by atoms with Gasteiger partial charge in [0, 0.05) is 12.6 Å². The molecule has 0 N–H and O–H groups in total. The van der Waals surface area contributed by atoms with E-state index in [0.717, 1.165) is 29.4 Å². The van der Waals surface area contributed by atoms with Gasteiger partial charge >= 0.3 is 0 Å². The summed E-state index contributed by atoms with van der Waals surface area (Å²) in [5.41, 5.74) is 3.06. The molecule has 0 bridgehead atoms. The maximum atomic E-state index is 6.42. The van der Waals surface area contributed by atoms with Gasteiger partial charge in [0.1, 0.15) is 18.2 Å². The highest BCUT2D eigenvalue weighted by molar-refractivity contribution is 6.33. The Labute approximate surface area is 139 Å². The van der Waals surface area contributed by atoms with Crippen LogP contribution in [0.5, 0.6) is 0 Å². The van der Waals surface area contributed by atoms with Crippen molar-refractivity contribution in [1.82, 2.24) is 9.96 Å². The predicted molar refractivity (Wildman–Crippen MR) is 87.8 cm³/mol. The van der Waals surface area contributed by atoms with Gasteiger partial charge in [0.2, 0.25) is 0 Å². The van der Waals surface area contributed by atoms with Gasteiger partial charge in [-0.1, -0.05) is 29.3 Å². The lowest BCUT2D eigenvalue weighted by Gasteiger charge is -2.37. The molecule has 118 valence electrons. The number of para-hydroxylation sites is 1. The first kappa shape index (κ1) is 14.3. The lowest BCUT2D eigenvalue weighted by Crippen LogP contribution is -2.37. The third-order valence-corrected chi connectivity index (χ3v) is 4.29. The van der Waals surface area contributed by atoms with Crippen molar-refractivity contribution in [2.45, 2.75) is 13.3 Å². The Morgan fingerprint density at radius 2 is 2.00 bits per heavy atom. The van der Waals surface area contributed by atoms with Gasteiger partial charge in [0.05, 0.1) is 24.0 Å². The lowest BCUT2D eigenvalue weighted by molar-refractivity contribution is -0.0952. The number of hydroxylamine groups is 2. The number of hydrogen-bond acceptors (Lipinski definition) is 6. The standard InChI is InChI=1S/C16H16ClN5O/c1-11-7-13-16(21(8-11)14-6-4-3-5-12(14)17)22-10-20(23-2)9-15(22)19-18-13/h3-6,8-9H,7,10H2,1-2H3. The molecule has 0 spiro atoms. The Morgan fingerprint density at radius 3 is 2.78 bits per heavy atom. The number of benzene rings is 1. The number of nitrogens with zero attached hydrogens (tertiary/aromatic N) is 5. The van der Waals surface area contributed by atoms with Crippen LogP contribution < -0.4 is 4.90 Å². The third-order valence-electron chi connectivity index (χ3n) is 3.97. The van der Waals surface area contributed by atoms with Crippen LogP contribution >= 0.6 is 11.6 Å². The van der Waals surface area contributed by atoms with Crippen LogP contribution in [-0.2, 0) is 4.84 Å². The quantitative estimate of drug-likeness (QED) is 0.822. The summed E-state index contributed by atoms with van der Waals surface area (Å²) in [6.45, 7) is 2.65. The third kappa shape index (κ3) is 2.31. The molecule has 0 unspecified atom stereocenters. The van der Waals surface area contributed by atoms with Crippen molar-refractivity contribution in [3.05, 3.63) is 64.6 Å². The van der Waals surface area contributed by atoms with E-state index in [2.05, 4.69) is 33.2 Å². The van der Waals surface area contributed by atoms with Crippen LogP contribution in [-0.4, -0.2) is 23.7 Å². The highest BCUT2D eigenvalue weighted by Gasteiger charge is 2.35. The number of fused-ring (bicyclic) bond motifs is 2. The van der Waals surface area contributed by atoms with Crippen molar-refractivity contribution < 1.29 is 4.84 Å². The zero-order valence-corrected chi connectivity index (χ0v) is 13.7. The number of hydrogen-bond donors (Lipinski definition) is 0. The van der Waals surface area contributed by atoms with E-state index in [0.29, 0.717) is 11.7 Å². The highest BCUT2D eigenvalue weighted by Crippen LogP contribution is 2.41. The molecular weight excluding hydrogens is 314 g/mol. The van der Waals surface area contributed by atoms with Crippen molar-refractivity contribution in [3.63, 3.8) is 0 Å². The second-order valence-corrected chi connectivity index (χ2v) is 6.01. The van der Waals surface area contributed by atoms with Crippen LogP contribution in [0.25, 0.3) is 0 Å². The van der Waals surface area contributed by atoms with Gasteiger partial charge < -0.3 is 4.90 Å². The summed E-state index contributed by atoms with van der Waals surface area (Å²) in [6, 6.07) is 7.80. The zero-order valence-electron chi connectivity index (χ0n) is 12.9. The molecule has 0 saturated heterocycles. The Morgan fingerprint density at radius 1 is 1.17 bits per heavy atom. The minimum Gasteiger partial charge on any atom is -0.300 e. The average Bonchev–Trinajstić information content (AvgIpc) is 2.97. The summed E-state index contributed by atoms with van der Waals surface area (Å²) in [4.78, 5) is 9.47. The van der Waals surface area contributed by atoms with Gasteiger partial charge in [-0.2, -0.15) is 0 Å². The van der Waals surface area contributed by atoms with E-state index >= 15 is 0 Å².